The van der Waals surface area contributed by atoms with Gasteiger partial charge in [-0.05, 0) is 43.4 Å². The highest BCUT2D eigenvalue weighted by Gasteiger charge is 2.34. The molecule has 0 aliphatic heterocycles. The molecule has 0 aromatic heterocycles. The minimum atomic E-state index is -1.03. The molecule has 7 heteroatoms. The lowest BCUT2D eigenvalue weighted by Gasteiger charge is -2.32. The summed E-state index contributed by atoms with van der Waals surface area (Å²) in [5.74, 6) is -1.26. The number of nitrogens with one attached hydrogen (secondary N) is 1. The summed E-state index contributed by atoms with van der Waals surface area (Å²) in [6.07, 6.45) is 6.02. The van der Waals surface area contributed by atoms with E-state index in [2.05, 4.69) is 5.32 Å². The van der Waals surface area contributed by atoms with Crippen molar-refractivity contribution in [3.8, 4) is 0 Å². The zero-order valence-corrected chi connectivity index (χ0v) is 18.1. The number of carboxylic acids is 1. The molecular weight excluding hydrogens is 358 g/mol. The fraction of sp³-hybridized carbons (Fsp3) is 0.857. The van der Waals surface area contributed by atoms with Gasteiger partial charge in [-0.25, -0.2) is 4.79 Å². The van der Waals surface area contributed by atoms with Crippen LogP contribution < -0.4 is 11.1 Å². The molecule has 0 spiro atoms. The average molecular weight is 398 g/mol. The second-order valence-electron chi connectivity index (χ2n) is 9.05. The number of rotatable bonds is 10. The van der Waals surface area contributed by atoms with Gasteiger partial charge >= 0.3 is 5.97 Å². The van der Waals surface area contributed by atoms with Gasteiger partial charge in [0.15, 0.2) is 0 Å². The van der Waals surface area contributed by atoms with Crippen molar-refractivity contribution < 1.29 is 19.5 Å². The van der Waals surface area contributed by atoms with Crippen molar-refractivity contribution in [3.63, 3.8) is 0 Å². The van der Waals surface area contributed by atoms with Gasteiger partial charge in [0, 0.05) is 7.05 Å². The van der Waals surface area contributed by atoms with Crippen LogP contribution in [-0.4, -0.2) is 53.0 Å². The lowest BCUT2D eigenvalue weighted by atomic mass is 9.84. The van der Waals surface area contributed by atoms with Crippen molar-refractivity contribution in [2.45, 2.75) is 90.8 Å². The topological polar surface area (TPSA) is 113 Å². The number of nitrogens with zero attached hydrogens (tertiary/aromatic N) is 1. The number of likely N-dealkylation sites (N-methyl/N-ethyl adjacent to an activating group) is 1. The summed E-state index contributed by atoms with van der Waals surface area (Å²) in [4.78, 5) is 38.7. The molecular formula is C21H39N3O4. The van der Waals surface area contributed by atoms with Crippen LogP contribution in [0, 0.1) is 17.8 Å². The average Bonchev–Trinajstić information content (AvgIpc) is 2.63. The maximum absolute atomic E-state index is 13.0. The minimum absolute atomic E-state index is 0.134. The fourth-order valence-corrected chi connectivity index (χ4v) is 3.94. The van der Waals surface area contributed by atoms with Gasteiger partial charge in [-0.2, -0.15) is 0 Å². The van der Waals surface area contributed by atoms with Gasteiger partial charge < -0.3 is 21.1 Å². The largest absolute Gasteiger partial charge is 0.480 e. The van der Waals surface area contributed by atoms with Crippen LogP contribution in [0.4, 0.5) is 0 Å². The molecule has 3 atom stereocenters. The van der Waals surface area contributed by atoms with Crippen molar-refractivity contribution in [1.29, 1.82) is 0 Å². The standard InChI is InChI=1S/C21H39N3O4/c1-13(2)11-16(20(26)24(5)17(21(27)28)12-14(3)4)23-19(25)18(22)15-9-7-6-8-10-15/h13-18H,6-12,22H2,1-5H3,(H,23,25)(H,27,28)/t16-,17-,18-/m1/s1. The number of amides is 2. The van der Waals surface area contributed by atoms with Crippen molar-refractivity contribution in [2.24, 2.45) is 23.5 Å². The Morgan fingerprint density at radius 1 is 1.04 bits per heavy atom. The Labute approximate surface area is 169 Å². The Morgan fingerprint density at radius 3 is 2.04 bits per heavy atom. The third-order valence-corrected chi connectivity index (χ3v) is 5.58. The Balaban J connectivity index is 2.88. The minimum Gasteiger partial charge on any atom is -0.480 e. The van der Waals surface area contributed by atoms with E-state index in [4.69, 9.17) is 5.73 Å². The number of carbonyl (C=O) groups is 3. The zero-order valence-electron chi connectivity index (χ0n) is 18.1. The van der Waals surface area contributed by atoms with Crippen LogP contribution in [0.25, 0.3) is 0 Å². The van der Waals surface area contributed by atoms with E-state index in [1.165, 1.54) is 18.4 Å². The number of carboxylic acid groups (broad SMARTS) is 1. The molecule has 0 aromatic rings. The molecule has 0 aromatic carbocycles. The highest BCUT2D eigenvalue weighted by atomic mass is 16.4. The Kier molecular flexibility index (Phi) is 9.93. The van der Waals surface area contributed by atoms with Gasteiger partial charge in [0.05, 0.1) is 6.04 Å². The van der Waals surface area contributed by atoms with Gasteiger partial charge in [0.1, 0.15) is 12.1 Å². The molecule has 0 saturated heterocycles. The van der Waals surface area contributed by atoms with Crippen LogP contribution >= 0.6 is 0 Å². The lowest BCUT2D eigenvalue weighted by Crippen LogP contribution is -2.56. The third kappa shape index (κ3) is 7.41. The SMILES string of the molecule is CC(C)C[C@H](C(=O)O)N(C)C(=O)[C@@H](CC(C)C)NC(=O)[C@H](N)C1CCCCC1. The first kappa shape index (κ1) is 24.4. The van der Waals surface area contributed by atoms with Gasteiger partial charge in [0.2, 0.25) is 11.8 Å². The summed E-state index contributed by atoms with van der Waals surface area (Å²) in [5.41, 5.74) is 6.19. The van der Waals surface area contributed by atoms with Crippen molar-refractivity contribution in [1.82, 2.24) is 10.2 Å². The molecule has 0 unspecified atom stereocenters. The number of aliphatic carboxylic acids is 1. The van der Waals surface area contributed by atoms with Crippen molar-refractivity contribution in [2.75, 3.05) is 7.05 Å². The van der Waals surface area contributed by atoms with Crippen LogP contribution in [0.3, 0.4) is 0 Å². The normalized spacial score (nSPS) is 18.6. The van der Waals surface area contributed by atoms with Crippen molar-refractivity contribution in [3.05, 3.63) is 0 Å². The molecule has 0 bridgehead atoms. The van der Waals surface area contributed by atoms with Gasteiger partial charge in [-0.15, -0.1) is 0 Å². The molecule has 0 heterocycles. The van der Waals surface area contributed by atoms with E-state index in [-0.39, 0.29) is 29.6 Å². The highest BCUT2D eigenvalue weighted by molar-refractivity contribution is 5.91. The molecule has 1 fully saturated rings. The van der Waals surface area contributed by atoms with Gasteiger partial charge in [-0.1, -0.05) is 47.0 Å². The number of nitrogens with two attached hydrogens (primary N) is 1. The van der Waals surface area contributed by atoms with Gasteiger partial charge in [0.25, 0.3) is 0 Å². The first-order chi connectivity index (χ1) is 13.0. The molecule has 1 saturated carbocycles. The first-order valence-electron chi connectivity index (χ1n) is 10.6. The molecule has 0 radical (unpaired) electrons. The second kappa shape index (κ2) is 11.4. The van der Waals surface area contributed by atoms with E-state index in [0.29, 0.717) is 12.8 Å². The predicted octanol–water partition coefficient (Wildman–Crippen LogP) is 2.38. The number of hydrogen-bond acceptors (Lipinski definition) is 4. The molecule has 2 amide bonds. The number of carbonyl (C=O) groups excluding carboxylic acids is 2. The molecule has 4 N–H and O–H groups in total. The highest BCUT2D eigenvalue weighted by Crippen LogP contribution is 2.26. The Bertz CT molecular complexity index is 530. The quantitative estimate of drug-likeness (QED) is 0.524. The van der Waals surface area contributed by atoms with E-state index < -0.39 is 24.1 Å². The molecule has 1 aliphatic carbocycles. The predicted molar refractivity (Wildman–Crippen MR) is 110 cm³/mol. The smallest absolute Gasteiger partial charge is 0.326 e. The molecule has 7 nitrogen and oxygen atoms in total. The summed E-state index contributed by atoms with van der Waals surface area (Å²) < 4.78 is 0. The summed E-state index contributed by atoms with van der Waals surface area (Å²) in [5, 5.41) is 12.4. The maximum Gasteiger partial charge on any atom is 0.326 e. The van der Waals surface area contributed by atoms with Crippen LogP contribution in [0.1, 0.15) is 72.6 Å². The summed E-state index contributed by atoms with van der Waals surface area (Å²) in [6.45, 7) is 7.78. The molecule has 1 rings (SSSR count). The van der Waals surface area contributed by atoms with Crippen LogP contribution in [0.15, 0.2) is 0 Å². The summed E-state index contributed by atoms with van der Waals surface area (Å²) in [6, 6.07) is -2.30. The monoisotopic (exact) mass is 397 g/mol. The molecule has 28 heavy (non-hydrogen) atoms. The fourth-order valence-electron chi connectivity index (χ4n) is 3.94. The van der Waals surface area contributed by atoms with E-state index in [0.717, 1.165) is 25.7 Å². The molecule has 1 aliphatic rings. The number of hydrogen-bond donors (Lipinski definition) is 3. The first-order valence-corrected chi connectivity index (χ1v) is 10.6. The van der Waals surface area contributed by atoms with E-state index in [1.54, 1.807) is 0 Å². The van der Waals surface area contributed by atoms with E-state index in [9.17, 15) is 19.5 Å². The van der Waals surface area contributed by atoms with Crippen LogP contribution in [-0.2, 0) is 14.4 Å². The third-order valence-electron chi connectivity index (χ3n) is 5.58. The Morgan fingerprint density at radius 2 is 1.57 bits per heavy atom. The molecule has 162 valence electrons. The Hall–Kier alpha value is -1.63. The van der Waals surface area contributed by atoms with E-state index >= 15 is 0 Å². The maximum atomic E-state index is 13.0. The van der Waals surface area contributed by atoms with Crippen LogP contribution in [0.2, 0.25) is 0 Å². The van der Waals surface area contributed by atoms with Crippen LogP contribution in [0.5, 0.6) is 0 Å². The summed E-state index contributed by atoms with van der Waals surface area (Å²) in [7, 11) is 1.50. The van der Waals surface area contributed by atoms with Crippen molar-refractivity contribution >= 4 is 17.8 Å². The second-order valence-corrected chi connectivity index (χ2v) is 9.05. The lowest BCUT2D eigenvalue weighted by molar-refractivity contribution is -0.151. The summed E-state index contributed by atoms with van der Waals surface area (Å²) >= 11 is 0. The zero-order chi connectivity index (χ0) is 21.4. The van der Waals surface area contributed by atoms with Gasteiger partial charge in [-0.3, -0.25) is 9.59 Å². The van der Waals surface area contributed by atoms with E-state index in [1.807, 2.05) is 27.7 Å².